The molecule has 19 heavy (non-hydrogen) atoms. The number of barbiturate groups is 1. The number of hydrogen-bond acceptors (Lipinski definition) is 4. The van der Waals surface area contributed by atoms with Gasteiger partial charge in [0.2, 0.25) is 11.8 Å². The van der Waals surface area contributed by atoms with Crippen molar-refractivity contribution in [3.05, 3.63) is 12.7 Å². The Morgan fingerprint density at radius 1 is 1.21 bits per heavy atom. The van der Waals surface area contributed by atoms with Crippen LogP contribution in [0, 0.1) is 10.8 Å². The second-order valence-electron chi connectivity index (χ2n) is 5.66. The number of carbonyl (C=O) groups excluding carboxylic acids is 4. The summed E-state index contributed by atoms with van der Waals surface area (Å²) in [6, 6.07) is -0.863. The number of amides is 4. The van der Waals surface area contributed by atoms with E-state index in [-0.39, 0.29) is 18.6 Å². The van der Waals surface area contributed by atoms with Gasteiger partial charge in [0.1, 0.15) is 11.2 Å². The van der Waals surface area contributed by atoms with Crippen LogP contribution in [0.25, 0.3) is 0 Å². The van der Waals surface area contributed by atoms with Crippen LogP contribution in [0.2, 0.25) is 0 Å². The number of carbonyl (C=O) groups is 4. The molecule has 0 aromatic heterocycles. The third kappa shape index (κ3) is 2.89. The molecule has 6 heteroatoms. The monoisotopic (exact) mass is 266 g/mol. The van der Waals surface area contributed by atoms with Gasteiger partial charge in [0.05, 0.1) is 0 Å². The predicted octanol–water partition coefficient (Wildman–Crippen LogP) is 0.920. The highest BCUT2D eigenvalue weighted by Crippen LogP contribution is 2.33. The standard InChI is InChI=1S/C13H18N2O4/c1-5-6-13(7-8(16)12(2,3)4)9(17)14-11(19)15-10(13)18/h5H,1,6-7H2,2-4H3,(H2,14,15,17,18,19). The molecule has 0 atom stereocenters. The minimum atomic E-state index is -1.58. The smallest absolute Gasteiger partial charge is 0.299 e. The Hall–Kier alpha value is -1.98. The molecule has 0 radical (unpaired) electrons. The fourth-order valence-corrected chi connectivity index (χ4v) is 1.78. The molecule has 2 N–H and O–H groups in total. The molecule has 1 fully saturated rings. The van der Waals surface area contributed by atoms with Crippen molar-refractivity contribution < 1.29 is 19.2 Å². The molecule has 0 spiro atoms. The molecule has 1 aliphatic rings. The van der Waals surface area contributed by atoms with E-state index in [4.69, 9.17) is 0 Å². The number of allylic oxidation sites excluding steroid dienone is 1. The van der Waals surface area contributed by atoms with Gasteiger partial charge in [0, 0.05) is 11.8 Å². The average Bonchev–Trinajstić information content (AvgIpc) is 2.24. The number of Topliss-reactive ketones (excluding diaryl/α,β-unsaturated/α-hetero) is 1. The predicted molar refractivity (Wildman–Crippen MR) is 68.0 cm³/mol. The summed E-state index contributed by atoms with van der Waals surface area (Å²) in [6.45, 7) is 8.63. The van der Waals surface area contributed by atoms with Crippen molar-refractivity contribution >= 4 is 23.6 Å². The maximum atomic E-state index is 12.1. The van der Waals surface area contributed by atoms with Crippen molar-refractivity contribution in [2.24, 2.45) is 10.8 Å². The summed E-state index contributed by atoms with van der Waals surface area (Å²) >= 11 is 0. The SMILES string of the molecule is C=CCC1(CC(=O)C(C)(C)C)C(=O)NC(=O)NC1=O. The number of rotatable bonds is 4. The Kier molecular flexibility index (Phi) is 3.93. The Balaban J connectivity index is 3.13. The first-order chi connectivity index (χ1) is 8.63. The average molecular weight is 266 g/mol. The molecule has 0 saturated carbocycles. The number of urea groups is 1. The number of hydrogen-bond donors (Lipinski definition) is 2. The third-order valence-corrected chi connectivity index (χ3v) is 3.12. The Labute approximate surface area is 111 Å². The van der Waals surface area contributed by atoms with Crippen LogP contribution in [-0.2, 0) is 14.4 Å². The van der Waals surface area contributed by atoms with E-state index in [1.54, 1.807) is 20.8 Å². The highest BCUT2D eigenvalue weighted by molar-refractivity contribution is 6.20. The number of ketones is 1. The van der Waals surface area contributed by atoms with Gasteiger partial charge in [-0.1, -0.05) is 26.8 Å². The topological polar surface area (TPSA) is 92.3 Å². The summed E-state index contributed by atoms with van der Waals surface area (Å²) in [7, 11) is 0. The van der Waals surface area contributed by atoms with Crippen LogP contribution < -0.4 is 10.6 Å². The summed E-state index contributed by atoms with van der Waals surface area (Å²) in [5, 5.41) is 4.06. The Morgan fingerprint density at radius 3 is 2.05 bits per heavy atom. The van der Waals surface area contributed by atoms with Crippen LogP contribution in [-0.4, -0.2) is 23.6 Å². The molecule has 0 bridgehead atoms. The van der Waals surface area contributed by atoms with E-state index >= 15 is 0 Å². The van der Waals surface area contributed by atoms with Gasteiger partial charge < -0.3 is 0 Å². The van der Waals surface area contributed by atoms with Gasteiger partial charge in [-0.2, -0.15) is 0 Å². The molecular weight excluding hydrogens is 248 g/mol. The molecule has 1 saturated heterocycles. The summed E-state index contributed by atoms with van der Waals surface area (Å²) in [4.78, 5) is 47.2. The van der Waals surface area contributed by atoms with Crippen LogP contribution in [0.15, 0.2) is 12.7 Å². The number of imide groups is 2. The van der Waals surface area contributed by atoms with Gasteiger partial charge in [0.25, 0.3) is 0 Å². The maximum Gasteiger partial charge on any atom is 0.328 e. The molecule has 0 aliphatic carbocycles. The van der Waals surface area contributed by atoms with Crippen LogP contribution in [0.1, 0.15) is 33.6 Å². The van der Waals surface area contributed by atoms with Gasteiger partial charge in [-0.3, -0.25) is 25.0 Å². The van der Waals surface area contributed by atoms with Gasteiger partial charge in [-0.15, -0.1) is 6.58 Å². The molecule has 6 nitrogen and oxygen atoms in total. The molecule has 1 heterocycles. The van der Waals surface area contributed by atoms with E-state index < -0.39 is 28.7 Å². The zero-order valence-electron chi connectivity index (χ0n) is 11.3. The molecule has 0 unspecified atom stereocenters. The van der Waals surface area contributed by atoms with Crippen LogP contribution in [0.4, 0.5) is 4.79 Å². The van der Waals surface area contributed by atoms with Crippen molar-refractivity contribution in [3.63, 3.8) is 0 Å². The van der Waals surface area contributed by atoms with Gasteiger partial charge in [0.15, 0.2) is 0 Å². The van der Waals surface area contributed by atoms with Crippen molar-refractivity contribution in [3.8, 4) is 0 Å². The zero-order valence-corrected chi connectivity index (χ0v) is 11.3. The molecule has 0 aromatic carbocycles. The fourth-order valence-electron chi connectivity index (χ4n) is 1.78. The second-order valence-corrected chi connectivity index (χ2v) is 5.66. The van der Waals surface area contributed by atoms with E-state index in [1.165, 1.54) is 6.08 Å². The van der Waals surface area contributed by atoms with Crippen LogP contribution in [0.3, 0.4) is 0 Å². The van der Waals surface area contributed by atoms with Crippen molar-refractivity contribution in [1.82, 2.24) is 10.6 Å². The zero-order chi connectivity index (χ0) is 14.8. The van der Waals surface area contributed by atoms with E-state index in [2.05, 4.69) is 6.58 Å². The third-order valence-electron chi connectivity index (χ3n) is 3.12. The van der Waals surface area contributed by atoms with Gasteiger partial charge in [-0.05, 0) is 6.42 Å². The maximum absolute atomic E-state index is 12.1. The lowest BCUT2D eigenvalue weighted by Gasteiger charge is -2.34. The first kappa shape index (κ1) is 15.1. The fraction of sp³-hybridized carbons (Fsp3) is 0.538. The van der Waals surface area contributed by atoms with E-state index in [0.717, 1.165) is 0 Å². The minimum absolute atomic E-state index is 0.000231. The highest BCUT2D eigenvalue weighted by Gasteiger charge is 2.51. The molecule has 4 amide bonds. The van der Waals surface area contributed by atoms with Gasteiger partial charge in [-0.25, -0.2) is 4.79 Å². The lowest BCUT2D eigenvalue weighted by molar-refractivity contribution is -0.149. The molecule has 0 aromatic rings. The summed E-state index contributed by atoms with van der Waals surface area (Å²) in [5.41, 5.74) is -2.25. The summed E-state index contributed by atoms with van der Waals surface area (Å²) in [5.74, 6) is -1.73. The molecule has 1 aliphatic heterocycles. The quantitative estimate of drug-likeness (QED) is 0.584. The molecular formula is C13H18N2O4. The van der Waals surface area contributed by atoms with Crippen LogP contribution in [0.5, 0.6) is 0 Å². The Morgan fingerprint density at radius 2 is 1.68 bits per heavy atom. The van der Waals surface area contributed by atoms with Gasteiger partial charge >= 0.3 is 6.03 Å². The molecule has 1 rings (SSSR count). The van der Waals surface area contributed by atoms with Crippen molar-refractivity contribution in [1.29, 1.82) is 0 Å². The normalized spacial score (nSPS) is 18.6. The second kappa shape index (κ2) is 4.95. The first-order valence-corrected chi connectivity index (χ1v) is 5.94. The van der Waals surface area contributed by atoms with Crippen molar-refractivity contribution in [2.75, 3.05) is 0 Å². The van der Waals surface area contributed by atoms with Crippen LogP contribution >= 0.6 is 0 Å². The lowest BCUT2D eigenvalue weighted by atomic mass is 9.72. The largest absolute Gasteiger partial charge is 0.328 e. The summed E-state index contributed by atoms with van der Waals surface area (Å²) in [6.07, 6.45) is 1.14. The lowest BCUT2D eigenvalue weighted by Crippen LogP contribution is -2.63. The minimum Gasteiger partial charge on any atom is -0.299 e. The number of nitrogens with one attached hydrogen (secondary N) is 2. The summed E-state index contributed by atoms with van der Waals surface area (Å²) < 4.78 is 0. The van der Waals surface area contributed by atoms with E-state index in [1.807, 2.05) is 10.6 Å². The molecule has 104 valence electrons. The Bertz CT molecular complexity index is 440. The highest BCUT2D eigenvalue weighted by atomic mass is 16.2. The first-order valence-electron chi connectivity index (χ1n) is 5.94. The van der Waals surface area contributed by atoms with E-state index in [9.17, 15) is 19.2 Å². The van der Waals surface area contributed by atoms with E-state index in [0.29, 0.717) is 0 Å². The van der Waals surface area contributed by atoms with Crippen molar-refractivity contribution in [2.45, 2.75) is 33.6 Å².